The van der Waals surface area contributed by atoms with Crippen LogP contribution in [0.5, 0.6) is 23.0 Å². The van der Waals surface area contributed by atoms with Gasteiger partial charge in [0.15, 0.2) is 0 Å². The summed E-state index contributed by atoms with van der Waals surface area (Å²) in [6.07, 6.45) is 1.14. The van der Waals surface area contributed by atoms with Crippen LogP contribution in [0.2, 0.25) is 0 Å². The molecule has 0 fully saturated rings. The van der Waals surface area contributed by atoms with Gasteiger partial charge in [-0.1, -0.05) is 107 Å². The highest BCUT2D eigenvalue weighted by Crippen LogP contribution is 2.28. The smallest absolute Gasteiger partial charge is 0.339 e. The number of carboxylic acids is 4. The van der Waals surface area contributed by atoms with Crippen molar-refractivity contribution < 1.29 is 58.6 Å². The maximum absolute atomic E-state index is 12.0. The first-order valence-electron chi connectivity index (χ1n) is 22.1. The Bertz CT molecular complexity index is 2590. The molecule has 0 radical (unpaired) electrons. The maximum atomic E-state index is 12.0. The Balaban J connectivity index is 0.000000309. The van der Waals surface area contributed by atoms with Gasteiger partial charge in [-0.05, 0) is 122 Å². The van der Waals surface area contributed by atoms with Crippen LogP contribution < -0.4 is 18.9 Å². The summed E-state index contributed by atoms with van der Waals surface area (Å²) in [5.74, 6) is -4.18. The van der Waals surface area contributed by atoms with Gasteiger partial charge < -0.3 is 39.4 Å². The Hall–Kier alpha value is -8.12. The van der Waals surface area contributed by atoms with Crippen molar-refractivity contribution in [2.24, 2.45) is 0 Å². The SMILES string of the molecule is Cc1ccc(C)cc1.Cc1ccc2cc(C)ccc2c1.O=C(O)c1cc2ccc1OCCCOc1ccc(cc1C(=O)O)Cc1ccc(c(C(=O)O)c1)OCCCOc1ccc(cc1C(=O)O)C2. The Kier molecular flexibility index (Phi) is 16.9. The number of rotatable bonds is 4. The molecule has 0 spiro atoms. The van der Waals surface area contributed by atoms with E-state index in [1.165, 1.54) is 57.3 Å². The third-order valence-corrected chi connectivity index (χ3v) is 10.9. The van der Waals surface area contributed by atoms with Crippen molar-refractivity contribution in [1.82, 2.24) is 0 Å². The Morgan fingerprint density at radius 1 is 0.338 bits per heavy atom. The van der Waals surface area contributed by atoms with Crippen LogP contribution in [0.3, 0.4) is 0 Å². The van der Waals surface area contributed by atoms with Gasteiger partial charge >= 0.3 is 23.9 Å². The van der Waals surface area contributed by atoms with E-state index < -0.39 is 23.9 Å². The predicted molar refractivity (Wildman–Crippen MR) is 260 cm³/mol. The molecule has 12 heteroatoms. The van der Waals surface area contributed by atoms with Crippen molar-refractivity contribution in [1.29, 1.82) is 0 Å². The van der Waals surface area contributed by atoms with Gasteiger partial charge in [-0.15, -0.1) is 0 Å². The molecule has 10 heterocycles. The molecule has 0 amide bonds. The lowest BCUT2D eigenvalue weighted by Gasteiger charge is -2.15. The molecular weight excluding hydrogens is 865 g/mol. The van der Waals surface area contributed by atoms with Crippen molar-refractivity contribution in [3.63, 3.8) is 0 Å². The van der Waals surface area contributed by atoms with Crippen LogP contribution in [0.4, 0.5) is 0 Å². The van der Waals surface area contributed by atoms with Gasteiger partial charge in [0.2, 0.25) is 0 Å². The summed E-state index contributed by atoms with van der Waals surface area (Å²) >= 11 is 0. The van der Waals surface area contributed by atoms with Crippen LogP contribution >= 0.6 is 0 Å². The van der Waals surface area contributed by atoms with Crippen molar-refractivity contribution >= 4 is 34.6 Å². The van der Waals surface area contributed by atoms with E-state index in [-0.39, 0.29) is 84.5 Å². The molecule has 350 valence electrons. The van der Waals surface area contributed by atoms with Crippen LogP contribution in [0.15, 0.2) is 133 Å². The van der Waals surface area contributed by atoms with Gasteiger partial charge in [0, 0.05) is 12.8 Å². The Morgan fingerprint density at radius 2 is 0.588 bits per heavy atom. The zero-order valence-corrected chi connectivity index (χ0v) is 38.4. The molecule has 0 aliphatic carbocycles. The molecule has 7 aromatic carbocycles. The first-order chi connectivity index (χ1) is 32.6. The van der Waals surface area contributed by atoms with Gasteiger partial charge in [-0.2, -0.15) is 0 Å². The first kappa shape index (κ1) is 49.3. The monoisotopic (exact) mass is 918 g/mol. The summed E-state index contributed by atoms with van der Waals surface area (Å²) in [7, 11) is 0. The van der Waals surface area contributed by atoms with Crippen molar-refractivity contribution in [3.05, 3.63) is 200 Å². The van der Waals surface area contributed by atoms with E-state index in [1.807, 2.05) is 0 Å². The molecule has 10 aliphatic heterocycles. The van der Waals surface area contributed by atoms with Gasteiger partial charge in [0.1, 0.15) is 45.3 Å². The first-order valence-corrected chi connectivity index (χ1v) is 22.1. The van der Waals surface area contributed by atoms with Gasteiger partial charge in [0.25, 0.3) is 0 Å². The fourth-order valence-electron chi connectivity index (χ4n) is 7.36. The molecule has 17 rings (SSSR count). The minimum Gasteiger partial charge on any atom is -0.493 e. The average molecular weight is 919 g/mol. The molecule has 0 saturated carbocycles. The van der Waals surface area contributed by atoms with E-state index in [0.717, 1.165) is 0 Å². The minimum atomic E-state index is -1.19. The summed E-state index contributed by atoms with van der Waals surface area (Å²) in [5.41, 5.74) is 7.56. The summed E-state index contributed by atoms with van der Waals surface area (Å²) in [4.78, 5) is 48.1. The largest absolute Gasteiger partial charge is 0.493 e. The standard InChI is InChI=1S/C36H32O12.C12H12.C8H10/c37-33(38)25-17-21-3-7-29(25)45-11-1-12-46-30-8-4-22(18-26(30)34(39)40)16-24-6-10-32(28(20-24)36(43)44)48-14-2-13-47-31-9-5-23(15-21)19-27(31)35(41)42;1-9-3-5-12-8-10(2)4-6-11(12)7-9;1-7-3-5-8(2)6-4-7/h3-10,17-20H,1-2,11-16H2,(H,37,38)(H,39,40)(H,41,42)(H,43,44);3-8H,1-2H3;3-6H,1-2H3. The molecule has 0 atom stereocenters. The van der Waals surface area contributed by atoms with Crippen LogP contribution in [0, 0.1) is 27.7 Å². The number of ether oxygens (including phenoxy) is 4. The van der Waals surface area contributed by atoms with E-state index in [1.54, 1.807) is 48.5 Å². The Labute approximate surface area is 395 Å². The molecule has 68 heavy (non-hydrogen) atoms. The maximum Gasteiger partial charge on any atom is 0.339 e. The van der Waals surface area contributed by atoms with Crippen molar-refractivity contribution in [3.8, 4) is 23.0 Å². The van der Waals surface area contributed by atoms with E-state index >= 15 is 0 Å². The molecule has 12 nitrogen and oxygen atoms in total. The van der Waals surface area contributed by atoms with E-state index in [4.69, 9.17) is 18.9 Å². The quantitative estimate of drug-likeness (QED) is 0.131. The van der Waals surface area contributed by atoms with Crippen LogP contribution in [0.25, 0.3) is 10.8 Å². The number of aromatic carboxylic acids is 4. The van der Waals surface area contributed by atoms with Crippen LogP contribution in [-0.2, 0) is 12.8 Å². The van der Waals surface area contributed by atoms with Crippen LogP contribution in [-0.4, -0.2) is 70.7 Å². The topological polar surface area (TPSA) is 186 Å². The molecule has 10 aliphatic rings. The summed E-state index contributed by atoms with van der Waals surface area (Å²) in [5, 5.41) is 41.9. The minimum absolute atomic E-state index is 0.0594. The number of carbonyl (C=O) groups is 4. The zero-order valence-electron chi connectivity index (χ0n) is 38.4. The highest BCUT2D eigenvalue weighted by molar-refractivity contribution is 5.93. The number of fused-ring (bicyclic) bond motifs is 1. The third-order valence-electron chi connectivity index (χ3n) is 10.9. The number of carboxylic acid groups (broad SMARTS) is 4. The van der Waals surface area contributed by atoms with E-state index in [0.29, 0.717) is 35.1 Å². The lowest BCUT2D eigenvalue weighted by Crippen LogP contribution is -2.11. The molecular formula is C56H54O12. The normalized spacial score (nSPS) is 12.6. The summed E-state index contributed by atoms with van der Waals surface area (Å²) in [6, 6.07) is 40.4. The molecule has 0 aromatic heterocycles. The second-order valence-corrected chi connectivity index (χ2v) is 16.5. The molecule has 8 bridgehead atoms. The van der Waals surface area contributed by atoms with Crippen molar-refractivity contribution in [2.45, 2.75) is 53.4 Å². The second kappa shape index (κ2) is 23.4. The lowest BCUT2D eigenvalue weighted by molar-refractivity contribution is 0.0679. The molecule has 4 N–H and O–H groups in total. The second-order valence-electron chi connectivity index (χ2n) is 16.5. The lowest BCUT2D eigenvalue weighted by atomic mass is 10.00. The van der Waals surface area contributed by atoms with Gasteiger partial charge in [-0.3, -0.25) is 0 Å². The van der Waals surface area contributed by atoms with E-state index in [2.05, 4.69) is 88.4 Å². The fraction of sp³-hybridized carbons (Fsp3) is 0.214. The highest BCUT2D eigenvalue weighted by atomic mass is 16.5. The number of hydrogen-bond acceptors (Lipinski definition) is 8. The molecule has 0 unspecified atom stereocenters. The average Bonchev–Trinajstić information content (AvgIpc) is 3.31. The van der Waals surface area contributed by atoms with Crippen molar-refractivity contribution in [2.75, 3.05) is 26.4 Å². The zero-order chi connectivity index (χ0) is 48.7. The number of benzene rings is 7. The van der Waals surface area contributed by atoms with Gasteiger partial charge in [0.05, 0.1) is 26.4 Å². The third kappa shape index (κ3) is 13.9. The van der Waals surface area contributed by atoms with Crippen LogP contribution in [0.1, 0.15) is 98.8 Å². The van der Waals surface area contributed by atoms with E-state index in [9.17, 15) is 39.6 Å². The predicted octanol–water partition coefficient (Wildman–Crippen LogP) is 11.4. The molecule has 7 aromatic rings. The number of aryl methyl sites for hydroxylation is 4. The molecule has 0 saturated heterocycles. The summed E-state index contributed by atoms with van der Waals surface area (Å²) < 4.78 is 22.9. The Morgan fingerprint density at radius 3 is 0.838 bits per heavy atom. The fourth-order valence-corrected chi connectivity index (χ4v) is 7.36. The highest BCUT2D eigenvalue weighted by Gasteiger charge is 2.18. The van der Waals surface area contributed by atoms with Gasteiger partial charge in [-0.25, -0.2) is 19.2 Å². The number of hydrogen-bond donors (Lipinski definition) is 4. The summed E-state index contributed by atoms with van der Waals surface area (Å²) in [6.45, 7) is 8.81.